The van der Waals surface area contributed by atoms with E-state index in [9.17, 15) is 8.42 Å². The Kier molecular flexibility index (Phi) is 5.62. The maximum atomic E-state index is 11.0. The van der Waals surface area contributed by atoms with Crippen LogP contribution in [0.25, 0.3) is 0 Å². The lowest BCUT2D eigenvalue weighted by molar-refractivity contribution is 0.588. The van der Waals surface area contributed by atoms with Crippen molar-refractivity contribution in [3.8, 4) is 0 Å². The number of hydrogen-bond acceptors (Lipinski definition) is 3. The van der Waals surface area contributed by atoms with Gasteiger partial charge in [-0.15, -0.1) is 0 Å². The summed E-state index contributed by atoms with van der Waals surface area (Å²) in [4.78, 5) is 2.27. The van der Waals surface area contributed by atoms with E-state index < -0.39 is 10.0 Å². The fourth-order valence-corrected chi connectivity index (χ4v) is 2.35. The summed E-state index contributed by atoms with van der Waals surface area (Å²) in [5, 5.41) is 0. The van der Waals surface area contributed by atoms with Crippen LogP contribution in [-0.4, -0.2) is 34.3 Å². The molecule has 1 rings (SSSR count). The highest BCUT2D eigenvalue weighted by atomic mass is 32.2. The SMILES string of the molecule is CCN(CC)c1cccc(CCNS(C)(=O)=O)c1. The molecule has 0 aliphatic heterocycles. The van der Waals surface area contributed by atoms with Gasteiger partial charge in [-0.3, -0.25) is 0 Å². The molecule has 0 unspecified atom stereocenters. The van der Waals surface area contributed by atoms with Gasteiger partial charge in [0.2, 0.25) is 10.0 Å². The van der Waals surface area contributed by atoms with E-state index in [0.717, 1.165) is 18.7 Å². The van der Waals surface area contributed by atoms with Crippen molar-refractivity contribution in [1.29, 1.82) is 0 Å². The molecule has 1 aromatic carbocycles. The average Bonchev–Trinajstić information content (AvgIpc) is 2.29. The van der Waals surface area contributed by atoms with E-state index in [1.165, 1.54) is 11.9 Å². The number of nitrogens with zero attached hydrogens (tertiary/aromatic N) is 1. The summed E-state index contributed by atoms with van der Waals surface area (Å²) in [6.45, 7) is 6.65. The lowest BCUT2D eigenvalue weighted by Crippen LogP contribution is -2.24. The summed E-state index contributed by atoms with van der Waals surface area (Å²) < 4.78 is 24.4. The predicted molar refractivity (Wildman–Crippen MR) is 76.6 cm³/mol. The van der Waals surface area contributed by atoms with Gasteiger partial charge in [0.1, 0.15) is 0 Å². The Morgan fingerprint density at radius 1 is 1.22 bits per heavy atom. The normalized spacial score (nSPS) is 11.5. The third-order valence-corrected chi connectivity index (χ3v) is 3.55. The molecule has 5 heteroatoms. The van der Waals surface area contributed by atoms with E-state index in [1.54, 1.807) is 0 Å². The molecule has 0 atom stereocenters. The molecule has 0 bridgehead atoms. The largest absolute Gasteiger partial charge is 0.372 e. The number of rotatable bonds is 7. The summed E-state index contributed by atoms with van der Waals surface area (Å²) in [5.41, 5.74) is 2.34. The van der Waals surface area contributed by atoms with Crippen molar-refractivity contribution >= 4 is 15.7 Å². The van der Waals surface area contributed by atoms with Crippen molar-refractivity contribution in [2.24, 2.45) is 0 Å². The fraction of sp³-hybridized carbons (Fsp3) is 0.538. The fourth-order valence-electron chi connectivity index (χ4n) is 1.88. The van der Waals surface area contributed by atoms with Gasteiger partial charge in [-0.25, -0.2) is 13.1 Å². The molecular weight excluding hydrogens is 248 g/mol. The zero-order valence-electron chi connectivity index (χ0n) is 11.3. The van der Waals surface area contributed by atoms with Crippen LogP contribution >= 0.6 is 0 Å². The molecule has 102 valence electrons. The van der Waals surface area contributed by atoms with Crippen molar-refractivity contribution in [2.75, 3.05) is 30.8 Å². The summed E-state index contributed by atoms with van der Waals surface area (Å²) in [6.07, 6.45) is 1.89. The quantitative estimate of drug-likeness (QED) is 0.819. The number of anilines is 1. The summed E-state index contributed by atoms with van der Waals surface area (Å²) in [7, 11) is -3.09. The molecule has 0 spiro atoms. The molecular formula is C13H22N2O2S. The van der Waals surface area contributed by atoms with E-state index in [0.29, 0.717) is 13.0 Å². The lowest BCUT2D eigenvalue weighted by Gasteiger charge is -2.21. The molecule has 0 amide bonds. The molecule has 4 nitrogen and oxygen atoms in total. The van der Waals surface area contributed by atoms with Crippen LogP contribution in [0, 0.1) is 0 Å². The maximum absolute atomic E-state index is 11.0. The third kappa shape index (κ3) is 5.06. The van der Waals surface area contributed by atoms with Crippen LogP contribution in [0.1, 0.15) is 19.4 Å². The lowest BCUT2D eigenvalue weighted by atomic mass is 10.1. The molecule has 0 saturated carbocycles. The second-order valence-electron chi connectivity index (χ2n) is 4.26. The Morgan fingerprint density at radius 2 is 1.89 bits per heavy atom. The van der Waals surface area contributed by atoms with Crippen LogP contribution in [0.2, 0.25) is 0 Å². The standard InChI is InChI=1S/C13H22N2O2S/c1-4-15(5-2)13-8-6-7-12(11-13)9-10-14-18(3,16)17/h6-8,11,14H,4-5,9-10H2,1-3H3. The first-order chi connectivity index (χ1) is 8.46. The minimum absolute atomic E-state index is 0.445. The number of benzene rings is 1. The topological polar surface area (TPSA) is 49.4 Å². The van der Waals surface area contributed by atoms with Crippen LogP contribution in [0.15, 0.2) is 24.3 Å². The number of nitrogens with one attached hydrogen (secondary N) is 1. The smallest absolute Gasteiger partial charge is 0.208 e. The zero-order valence-corrected chi connectivity index (χ0v) is 12.1. The van der Waals surface area contributed by atoms with Crippen LogP contribution in [0.4, 0.5) is 5.69 Å². The van der Waals surface area contributed by atoms with Crippen molar-refractivity contribution in [3.63, 3.8) is 0 Å². The molecule has 1 N–H and O–H groups in total. The van der Waals surface area contributed by atoms with Crippen LogP contribution in [0.3, 0.4) is 0 Å². The van der Waals surface area contributed by atoms with E-state index in [4.69, 9.17) is 0 Å². The van der Waals surface area contributed by atoms with Gasteiger partial charge in [0, 0.05) is 25.3 Å². The second-order valence-corrected chi connectivity index (χ2v) is 6.09. The van der Waals surface area contributed by atoms with Crippen LogP contribution < -0.4 is 9.62 Å². The van der Waals surface area contributed by atoms with Gasteiger partial charge in [0.25, 0.3) is 0 Å². The monoisotopic (exact) mass is 270 g/mol. The molecule has 18 heavy (non-hydrogen) atoms. The van der Waals surface area contributed by atoms with Crippen molar-refractivity contribution in [3.05, 3.63) is 29.8 Å². The van der Waals surface area contributed by atoms with Crippen LogP contribution in [-0.2, 0) is 16.4 Å². The molecule has 0 fully saturated rings. The van der Waals surface area contributed by atoms with Gasteiger partial charge >= 0.3 is 0 Å². The van der Waals surface area contributed by atoms with E-state index in [1.807, 2.05) is 12.1 Å². The summed E-state index contributed by atoms with van der Waals surface area (Å²) >= 11 is 0. The van der Waals surface area contributed by atoms with Crippen molar-refractivity contribution < 1.29 is 8.42 Å². The van der Waals surface area contributed by atoms with E-state index in [2.05, 4.69) is 35.6 Å². The Morgan fingerprint density at radius 3 is 2.44 bits per heavy atom. The van der Waals surface area contributed by atoms with E-state index >= 15 is 0 Å². The Hall–Kier alpha value is -1.07. The minimum atomic E-state index is -3.09. The van der Waals surface area contributed by atoms with Crippen molar-refractivity contribution in [2.45, 2.75) is 20.3 Å². The maximum Gasteiger partial charge on any atom is 0.208 e. The van der Waals surface area contributed by atoms with Gasteiger partial charge in [0.15, 0.2) is 0 Å². The van der Waals surface area contributed by atoms with Gasteiger partial charge in [-0.1, -0.05) is 12.1 Å². The van der Waals surface area contributed by atoms with Crippen LogP contribution in [0.5, 0.6) is 0 Å². The average molecular weight is 270 g/mol. The van der Waals surface area contributed by atoms with Crippen molar-refractivity contribution in [1.82, 2.24) is 4.72 Å². The summed E-state index contributed by atoms with van der Waals surface area (Å²) in [5.74, 6) is 0. The third-order valence-electron chi connectivity index (χ3n) is 2.82. The molecule has 0 aromatic heterocycles. The first kappa shape index (κ1) is 15.0. The molecule has 1 aromatic rings. The van der Waals surface area contributed by atoms with Gasteiger partial charge in [-0.05, 0) is 38.0 Å². The molecule has 0 saturated heterocycles. The van der Waals surface area contributed by atoms with Gasteiger partial charge < -0.3 is 4.90 Å². The highest BCUT2D eigenvalue weighted by Gasteiger charge is 2.04. The highest BCUT2D eigenvalue weighted by molar-refractivity contribution is 7.88. The van der Waals surface area contributed by atoms with Gasteiger partial charge in [-0.2, -0.15) is 0 Å². The number of hydrogen-bond donors (Lipinski definition) is 1. The Balaban J connectivity index is 2.65. The van der Waals surface area contributed by atoms with Gasteiger partial charge in [0.05, 0.1) is 6.26 Å². The molecule has 0 radical (unpaired) electrons. The highest BCUT2D eigenvalue weighted by Crippen LogP contribution is 2.16. The number of sulfonamides is 1. The van der Waals surface area contributed by atoms with E-state index in [-0.39, 0.29) is 0 Å². The summed E-state index contributed by atoms with van der Waals surface area (Å²) in [6, 6.07) is 8.25. The predicted octanol–water partition coefficient (Wildman–Crippen LogP) is 1.62. The Labute approximate surface area is 110 Å². The first-order valence-corrected chi connectivity index (χ1v) is 8.14. The molecule has 0 aliphatic rings. The second kappa shape index (κ2) is 6.75. The Bertz CT molecular complexity index is 468. The first-order valence-electron chi connectivity index (χ1n) is 6.24. The molecule has 0 heterocycles. The zero-order chi connectivity index (χ0) is 13.6. The minimum Gasteiger partial charge on any atom is -0.372 e. The molecule has 0 aliphatic carbocycles.